The Morgan fingerprint density at radius 2 is 1.82 bits per heavy atom. The van der Waals surface area contributed by atoms with Gasteiger partial charge in [0.05, 0.1) is 23.7 Å². The van der Waals surface area contributed by atoms with E-state index < -0.39 is 14.6 Å². The molecule has 0 spiro atoms. The lowest BCUT2D eigenvalue weighted by Crippen LogP contribution is -2.35. The van der Waals surface area contributed by atoms with Gasteiger partial charge in [-0.05, 0) is 33.7 Å². The maximum atomic E-state index is 11.7. The quantitative estimate of drug-likeness (QED) is 0.583. The van der Waals surface area contributed by atoms with Crippen LogP contribution in [0.1, 0.15) is 27.2 Å². The van der Waals surface area contributed by atoms with Gasteiger partial charge in [0, 0.05) is 13.2 Å². The molecule has 104 valence electrons. The molecule has 0 radical (unpaired) electrons. The second-order valence-corrected chi connectivity index (χ2v) is 7.73. The molecule has 0 aliphatic carbocycles. The molecular weight excluding hydrogens is 242 g/mol. The van der Waals surface area contributed by atoms with Crippen molar-refractivity contribution in [2.75, 3.05) is 38.7 Å². The molecule has 0 aromatic rings. The van der Waals surface area contributed by atoms with Gasteiger partial charge in [0.2, 0.25) is 0 Å². The van der Waals surface area contributed by atoms with Gasteiger partial charge in [-0.3, -0.25) is 0 Å². The Hall–Kier alpha value is -0.170. The second kappa shape index (κ2) is 8.02. The molecule has 0 unspecified atom stereocenters. The SMILES string of the molecule is CC(C)(C)S(=O)(=O)CCNCCCOCCO. The van der Waals surface area contributed by atoms with Crippen LogP contribution >= 0.6 is 0 Å². The molecule has 0 aliphatic heterocycles. The van der Waals surface area contributed by atoms with Crippen LogP contribution in [0.2, 0.25) is 0 Å². The molecule has 0 bridgehead atoms. The molecule has 0 saturated heterocycles. The fraction of sp³-hybridized carbons (Fsp3) is 1.00. The normalized spacial score (nSPS) is 12.9. The molecule has 2 N–H and O–H groups in total. The topological polar surface area (TPSA) is 75.6 Å². The molecule has 0 heterocycles. The van der Waals surface area contributed by atoms with E-state index in [1.165, 1.54) is 0 Å². The molecule has 6 heteroatoms. The number of ether oxygens (including phenoxy) is 1. The minimum absolute atomic E-state index is 0.0389. The van der Waals surface area contributed by atoms with Crippen LogP contribution < -0.4 is 5.32 Å². The summed E-state index contributed by atoms with van der Waals surface area (Å²) in [6, 6.07) is 0. The van der Waals surface area contributed by atoms with E-state index >= 15 is 0 Å². The van der Waals surface area contributed by atoms with Crippen molar-refractivity contribution in [1.82, 2.24) is 5.32 Å². The van der Waals surface area contributed by atoms with Crippen molar-refractivity contribution < 1.29 is 18.3 Å². The van der Waals surface area contributed by atoms with Crippen molar-refractivity contribution in [3.8, 4) is 0 Å². The summed E-state index contributed by atoms with van der Waals surface area (Å²) >= 11 is 0. The van der Waals surface area contributed by atoms with E-state index in [0.717, 1.165) is 13.0 Å². The number of hydrogen-bond acceptors (Lipinski definition) is 5. The van der Waals surface area contributed by atoms with Gasteiger partial charge in [0.1, 0.15) is 0 Å². The zero-order valence-electron chi connectivity index (χ0n) is 11.0. The molecule has 0 aromatic carbocycles. The van der Waals surface area contributed by atoms with Gasteiger partial charge in [-0.1, -0.05) is 0 Å². The highest BCUT2D eigenvalue weighted by atomic mass is 32.2. The van der Waals surface area contributed by atoms with Crippen molar-refractivity contribution in [1.29, 1.82) is 0 Å². The highest BCUT2D eigenvalue weighted by molar-refractivity contribution is 7.92. The van der Waals surface area contributed by atoms with E-state index in [9.17, 15) is 8.42 Å². The molecule has 17 heavy (non-hydrogen) atoms. The molecule has 0 fully saturated rings. The summed E-state index contributed by atoms with van der Waals surface area (Å²) in [5.74, 6) is 0.161. The first kappa shape index (κ1) is 16.8. The lowest BCUT2D eigenvalue weighted by molar-refractivity contribution is 0.0908. The van der Waals surface area contributed by atoms with Crippen LogP contribution in [0.25, 0.3) is 0 Å². The molecule has 0 amide bonds. The van der Waals surface area contributed by atoms with Crippen LogP contribution in [0.5, 0.6) is 0 Å². The molecule has 5 nitrogen and oxygen atoms in total. The summed E-state index contributed by atoms with van der Waals surface area (Å²) < 4.78 is 27.9. The van der Waals surface area contributed by atoms with Gasteiger partial charge in [0.15, 0.2) is 9.84 Å². The van der Waals surface area contributed by atoms with E-state index in [4.69, 9.17) is 9.84 Å². The highest BCUT2D eigenvalue weighted by Crippen LogP contribution is 2.14. The van der Waals surface area contributed by atoms with E-state index in [1.54, 1.807) is 20.8 Å². The van der Waals surface area contributed by atoms with Crippen molar-refractivity contribution in [3.05, 3.63) is 0 Å². The average molecular weight is 267 g/mol. The fourth-order valence-corrected chi connectivity index (χ4v) is 2.13. The van der Waals surface area contributed by atoms with E-state index in [1.807, 2.05) is 0 Å². The Morgan fingerprint density at radius 1 is 1.18 bits per heavy atom. The van der Waals surface area contributed by atoms with Crippen LogP contribution in [0.4, 0.5) is 0 Å². The lowest BCUT2D eigenvalue weighted by Gasteiger charge is -2.19. The van der Waals surface area contributed by atoms with Gasteiger partial charge >= 0.3 is 0 Å². The Labute approximate surface area is 104 Å². The van der Waals surface area contributed by atoms with E-state index in [-0.39, 0.29) is 12.4 Å². The van der Waals surface area contributed by atoms with Gasteiger partial charge < -0.3 is 15.2 Å². The molecule has 0 atom stereocenters. The Balaban J connectivity index is 3.53. The molecule has 0 aromatic heterocycles. The Morgan fingerprint density at radius 3 is 2.35 bits per heavy atom. The molecular formula is C11H25NO4S. The van der Waals surface area contributed by atoms with Crippen LogP contribution in [0, 0.1) is 0 Å². The standard InChI is InChI=1S/C11H25NO4S/c1-11(2,3)17(14,15)10-6-12-5-4-8-16-9-7-13/h12-13H,4-10H2,1-3H3. The number of aliphatic hydroxyl groups is 1. The lowest BCUT2D eigenvalue weighted by atomic mass is 10.3. The highest BCUT2D eigenvalue weighted by Gasteiger charge is 2.27. The predicted molar refractivity (Wildman–Crippen MR) is 68.9 cm³/mol. The average Bonchev–Trinajstić information content (AvgIpc) is 2.20. The van der Waals surface area contributed by atoms with Gasteiger partial charge in [-0.25, -0.2) is 8.42 Å². The molecule has 0 saturated carbocycles. The van der Waals surface area contributed by atoms with Crippen molar-refractivity contribution in [3.63, 3.8) is 0 Å². The van der Waals surface area contributed by atoms with Crippen molar-refractivity contribution in [2.45, 2.75) is 31.9 Å². The molecule has 0 rings (SSSR count). The largest absolute Gasteiger partial charge is 0.394 e. The van der Waals surface area contributed by atoms with Crippen LogP contribution in [0.15, 0.2) is 0 Å². The van der Waals surface area contributed by atoms with Crippen LogP contribution in [0.3, 0.4) is 0 Å². The Bertz CT molecular complexity index is 282. The maximum absolute atomic E-state index is 11.7. The number of hydrogen-bond donors (Lipinski definition) is 2. The minimum Gasteiger partial charge on any atom is -0.394 e. The second-order valence-electron chi connectivity index (χ2n) is 4.87. The van der Waals surface area contributed by atoms with Crippen LogP contribution in [-0.4, -0.2) is 56.9 Å². The first-order chi connectivity index (χ1) is 7.81. The van der Waals surface area contributed by atoms with Gasteiger partial charge in [-0.15, -0.1) is 0 Å². The van der Waals surface area contributed by atoms with Gasteiger partial charge in [-0.2, -0.15) is 0 Å². The first-order valence-corrected chi connectivity index (χ1v) is 7.58. The zero-order valence-corrected chi connectivity index (χ0v) is 11.8. The summed E-state index contributed by atoms with van der Waals surface area (Å²) in [7, 11) is -3.03. The smallest absolute Gasteiger partial charge is 0.156 e. The third-order valence-corrected chi connectivity index (χ3v) is 4.97. The van der Waals surface area contributed by atoms with Crippen LogP contribution in [-0.2, 0) is 14.6 Å². The first-order valence-electron chi connectivity index (χ1n) is 5.93. The molecule has 0 aliphatic rings. The monoisotopic (exact) mass is 267 g/mol. The Kier molecular flexibility index (Phi) is 7.94. The third-order valence-electron chi connectivity index (χ3n) is 2.36. The number of rotatable bonds is 9. The number of nitrogens with one attached hydrogen (secondary N) is 1. The van der Waals surface area contributed by atoms with Crippen molar-refractivity contribution in [2.24, 2.45) is 0 Å². The summed E-state index contributed by atoms with van der Waals surface area (Å²) in [6.07, 6.45) is 0.815. The zero-order chi connectivity index (χ0) is 13.4. The van der Waals surface area contributed by atoms with Gasteiger partial charge in [0.25, 0.3) is 0 Å². The summed E-state index contributed by atoms with van der Waals surface area (Å²) in [6.45, 7) is 7.32. The fourth-order valence-electron chi connectivity index (χ4n) is 1.10. The minimum atomic E-state index is -3.03. The van der Waals surface area contributed by atoms with E-state index in [0.29, 0.717) is 19.8 Å². The van der Waals surface area contributed by atoms with Crippen molar-refractivity contribution >= 4 is 9.84 Å². The summed E-state index contributed by atoms with van der Waals surface area (Å²) in [5.41, 5.74) is 0. The number of aliphatic hydroxyl groups excluding tert-OH is 1. The van der Waals surface area contributed by atoms with E-state index in [2.05, 4.69) is 5.32 Å². The summed E-state index contributed by atoms with van der Waals surface area (Å²) in [4.78, 5) is 0. The maximum Gasteiger partial charge on any atom is 0.156 e. The third kappa shape index (κ3) is 7.70. The number of sulfone groups is 1. The predicted octanol–water partition coefficient (Wildman–Crippen LogP) is 0.188. The summed E-state index contributed by atoms with van der Waals surface area (Å²) in [5, 5.41) is 11.5.